The fourth-order valence-corrected chi connectivity index (χ4v) is 3.14. The van der Waals surface area contributed by atoms with Crippen molar-refractivity contribution in [1.29, 1.82) is 0 Å². The number of aliphatic hydroxyl groups is 1. The summed E-state index contributed by atoms with van der Waals surface area (Å²) in [5.41, 5.74) is -0.0706. The Morgan fingerprint density at radius 2 is 2.11 bits per heavy atom. The molecule has 2 heterocycles. The monoisotopic (exact) mass is 269 g/mol. The minimum atomic E-state index is -0.699. The molecule has 1 aliphatic rings. The second kappa shape index (κ2) is 4.48. The molecule has 2 rings (SSSR count). The molecule has 1 aromatic heterocycles. The van der Waals surface area contributed by atoms with Crippen LogP contribution in [0.1, 0.15) is 45.9 Å². The van der Waals surface area contributed by atoms with E-state index in [1.165, 1.54) is 0 Å². The SMILES string of the molecule is CC1(C)CC(C(O)c2ncccc2Cl)C(C)(C)O1. The Morgan fingerprint density at radius 1 is 1.44 bits per heavy atom. The maximum Gasteiger partial charge on any atom is 0.103 e. The van der Waals surface area contributed by atoms with E-state index < -0.39 is 6.10 Å². The van der Waals surface area contributed by atoms with Gasteiger partial charge in [0.2, 0.25) is 0 Å². The van der Waals surface area contributed by atoms with Crippen molar-refractivity contribution >= 4 is 11.6 Å². The Balaban J connectivity index is 2.30. The number of nitrogens with zero attached hydrogens (tertiary/aromatic N) is 1. The van der Waals surface area contributed by atoms with Crippen LogP contribution in [0.4, 0.5) is 0 Å². The molecule has 1 aliphatic heterocycles. The highest BCUT2D eigenvalue weighted by atomic mass is 35.5. The number of aromatic nitrogens is 1. The lowest BCUT2D eigenvalue weighted by molar-refractivity contribution is -0.0884. The van der Waals surface area contributed by atoms with E-state index in [4.69, 9.17) is 16.3 Å². The summed E-state index contributed by atoms with van der Waals surface area (Å²) in [6.45, 7) is 8.10. The molecule has 18 heavy (non-hydrogen) atoms. The normalized spacial score (nSPS) is 27.1. The molecule has 0 spiro atoms. The average molecular weight is 270 g/mol. The largest absolute Gasteiger partial charge is 0.386 e. The highest BCUT2D eigenvalue weighted by molar-refractivity contribution is 6.31. The predicted molar refractivity (Wildman–Crippen MR) is 71.6 cm³/mol. The summed E-state index contributed by atoms with van der Waals surface area (Å²) in [6, 6.07) is 3.51. The van der Waals surface area contributed by atoms with Gasteiger partial charge >= 0.3 is 0 Å². The maximum atomic E-state index is 10.5. The van der Waals surface area contributed by atoms with Gasteiger partial charge in [-0.2, -0.15) is 0 Å². The van der Waals surface area contributed by atoms with Gasteiger partial charge in [-0.3, -0.25) is 4.98 Å². The zero-order chi connectivity index (χ0) is 13.6. The van der Waals surface area contributed by atoms with E-state index in [1.54, 1.807) is 18.3 Å². The molecule has 0 bridgehead atoms. The topological polar surface area (TPSA) is 42.4 Å². The molecule has 2 unspecified atom stereocenters. The molecule has 100 valence electrons. The lowest BCUT2D eigenvalue weighted by Crippen LogP contribution is -2.33. The van der Waals surface area contributed by atoms with E-state index in [1.807, 2.05) is 27.7 Å². The van der Waals surface area contributed by atoms with Gasteiger partial charge in [-0.25, -0.2) is 0 Å². The van der Waals surface area contributed by atoms with Crippen LogP contribution in [0.5, 0.6) is 0 Å². The van der Waals surface area contributed by atoms with Crippen LogP contribution < -0.4 is 0 Å². The molecular formula is C14H20ClNO2. The number of ether oxygens (including phenoxy) is 1. The van der Waals surface area contributed by atoms with Crippen molar-refractivity contribution in [1.82, 2.24) is 4.98 Å². The third-order valence-corrected chi connectivity index (χ3v) is 3.91. The number of pyridine rings is 1. The number of hydrogen-bond acceptors (Lipinski definition) is 3. The van der Waals surface area contributed by atoms with Crippen LogP contribution in [0.3, 0.4) is 0 Å². The highest BCUT2D eigenvalue weighted by Crippen LogP contribution is 2.47. The van der Waals surface area contributed by atoms with E-state index >= 15 is 0 Å². The van der Waals surface area contributed by atoms with Gasteiger partial charge in [0.15, 0.2) is 0 Å². The second-order valence-electron chi connectivity index (χ2n) is 6.09. The van der Waals surface area contributed by atoms with Crippen molar-refractivity contribution < 1.29 is 9.84 Å². The van der Waals surface area contributed by atoms with E-state index in [0.29, 0.717) is 10.7 Å². The average Bonchev–Trinajstić information content (AvgIpc) is 2.46. The van der Waals surface area contributed by atoms with Crippen LogP contribution in [-0.4, -0.2) is 21.3 Å². The van der Waals surface area contributed by atoms with Crippen LogP contribution in [0.2, 0.25) is 5.02 Å². The minimum Gasteiger partial charge on any atom is -0.386 e. The Kier molecular flexibility index (Phi) is 3.43. The Hall–Kier alpha value is -0.640. The molecule has 2 atom stereocenters. The predicted octanol–water partition coefficient (Wildman–Crippen LogP) is 3.36. The summed E-state index contributed by atoms with van der Waals surface area (Å²) in [5, 5.41) is 11.0. The third kappa shape index (κ3) is 2.53. The van der Waals surface area contributed by atoms with Crippen molar-refractivity contribution in [3.63, 3.8) is 0 Å². The smallest absolute Gasteiger partial charge is 0.103 e. The standard InChI is InChI=1S/C14H20ClNO2/c1-13(2)8-9(14(3,4)18-13)12(17)11-10(15)6-5-7-16-11/h5-7,9,12,17H,8H2,1-4H3. The van der Waals surface area contributed by atoms with Crippen molar-refractivity contribution in [2.75, 3.05) is 0 Å². The van der Waals surface area contributed by atoms with E-state index in [9.17, 15) is 5.11 Å². The number of halogens is 1. The molecule has 0 saturated carbocycles. The Bertz CT molecular complexity index is 445. The van der Waals surface area contributed by atoms with Gasteiger partial charge in [0.25, 0.3) is 0 Å². The molecule has 0 aromatic carbocycles. The first-order chi connectivity index (χ1) is 8.23. The van der Waals surface area contributed by atoms with Gasteiger partial charge in [0, 0.05) is 12.1 Å². The number of rotatable bonds is 2. The lowest BCUT2D eigenvalue weighted by atomic mass is 9.82. The Labute approximate surface area is 113 Å². The third-order valence-electron chi connectivity index (χ3n) is 3.59. The van der Waals surface area contributed by atoms with Gasteiger partial charge < -0.3 is 9.84 Å². The second-order valence-corrected chi connectivity index (χ2v) is 6.50. The van der Waals surface area contributed by atoms with Crippen molar-refractivity contribution in [2.45, 2.75) is 51.4 Å². The zero-order valence-corrected chi connectivity index (χ0v) is 12.0. The van der Waals surface area contributed by atoms with E-state index in [2.05, 4.69) is 4.98 Å². The molecule has 1 aromatic rings. The lowest BCUT2D eigenvalue weighted by Gasteiger charge is -2.30. The van der Waals surface area contributed by atoms with Crippen LogP contribution in [0.25, 0.3) is 0 Å². The molecule has 0 aliphatic carbocycles. The molecule has 3 nitrogen and oxygen atoms in total. The van der Waals surface area contributed by atoms with Crippen LogP contribution >= 0.6 is 11.6 Å². The summed E-state index contributed by atoms with van der Waals surface area (Å²) in [5.74, 6) is -0.0140. The summed E-state index contributed by atoms with van der Waals surface area (Å²) < 4.78 is 6.00. The van der Waals surface area contributed by atoms with E-state index in [0.717, 1.165) is 6.42 Å². The molecule has 1 N–H and O–H groups in total. The summed E-state index contributed by atoms with van der Waals surface area (Å²) in [6.07, 6.45) is 1.74. The maximum absolute atomic E-state index is 10.5. The fraction of sp³-hybridized carbons (Fsp3) is 0.643. The molecule has 1 saturated heterocycles. The Morgan fingerprint density at radius 3 is 2.61 bits per heavy atom. The van der Waals surface area contributed by atoms with Crippen molar-refractivity contribution in [3.05, 3.63) is 29.0 Å². The molecule has 0 radical (unpaired) electrons. The van der Waals surface area contributed by atoms with Gasteiger partial charge in [-0.15, -0.1) is 0 Å². The summed E-state index contributed by atoms with van der Waals surface area (Å²) in [7, 11) is 0. The highest BCUT2D eigenvalue weighted by Gasteiger charge is 2.49. The fourth-order valence-electron chi connectivity index (χ4n) is 2.90. The van der Waals surface area contributed by atoms with Crippen LogP contribution in [0, 0.1) is 5.92 Å². The first-order valence-corrected chi connectivity index (χ1v) is 6.59. The molecular weight excluding hydrogens is 250 g/mol. The quantitative estimate of drug-likeness (QED) is 0.895. The van der Waals surface area contributed by atoms with Gasteiger partial charge in [-0.05, 0) is 46.2 Å². The summed E-state index contributed by atoms with van der Waals surface area (Å²) >= 11 is 6.10. The van der Waals surface area contributed by atoms with Crippen molar-refractivity contribution in [3.8, 4) is 0 Å². The molecule has 4 heteroatoms. The molecule has 1 fully saturated rings. The zero-order valence-electron chi connectivity index (χ0n) is 11.3. The first-order valence-electron chi connectivity index (χ1n) is 6.22. The minimum absolute atomic E-state index is 0.0140. The van der Waals surface area contributed by atoms with Crippen LogP contribution in [-0.2, 0) is 4.74 Å². The number of aliphatic hydroxyl groups excluding tert-OH is 1. The van der Waals surface area contributed by atoms with E-state index in [-0.39, 0.29) is 17.1 Å². The van der Waals surface area contributed by atoms with Gasteiger partial charge in [-0.1, -0.05) is 11.6 Å². The van der Waals surface area contributed by atoms with Crippen molar-refractivity contribution in [2.24, 2.45) is 5.92 Å². The summed E-state index contributed by atoms with van der Waals surface area (Å²) in [4.78, 5) is 4.20. The van der Waals surface area contributed by atoms with Crippen LogP contribution in [0.15, 0.2) is 18.3 Å². The van der Waals surface area contributed by atoms with Gasteiger partial charge in [0.1, 0.15) is 6.10 Å². The molecule has 0 amide bonds. The van der Waals surface area contributed by atoms with Gasteiger partial charge in [0.05, 0.1) is 21.9 Å². The number of hydrogen-bond donors (Lipinski definition) is 1. The first kappa shape index (κ1) is 13.8.